The van der Waals surface area contributed by atoms with E-state index in [-0.39, 0.29) is 31.2 Å². The zero-order valence-electron chi connectivity index (χ0n) is 12.3. The van der Waals surface area contributed by atoms with Gasteiger partial charge in [-0.1, -0.05) is 28.4 Å². The second kappa shape index (κ2) is 8.17. The van der Waals surface area contributed by atoms with Gasteiger partial charge in [0, 0.05) is 11.6 Å². The fourth-order valence-corrected chi connectivity index (χ4v) is 2.66. The maximum absolute atomic E-state index is 6.04. The normalized spacial score (nSPS) is 20.8. The summed E-state index contributed by atoms with van der Waals surface area (Å²) in [5, 5.41) is 8.19. The van der Waals surface area contributed by atoms with Crippen molar-refractivity contribution in [3.63, 3.8) is 0 Å². The summed E-state index contributed by atoms with van der Waals surface area (Å²) in [6.07, 6.45) is -0.0197. The Balaban J connectivity index is 0.00000192. The number of nitrogens with one attached hydrogen (secondary N) is 1. The Hall–Kier alpha value is -1.05. The second-order valence-corrected chi connectivity index (χ2v) is 5.76. The van der Waals surface area contributed by atoms with Crippen molar-refractivity contribution >= 4 is 35.6 Å². The maximum Gasteiger partial charge on any atom is 0.246 e. The predicted molar refractivity (Wildman–Crippen MR) is 88.5 cm³/mol. The molecule has 1 aliphatic heterocycles. The van der Waals surface area contributed by atoms with Gasteiger partial charge in [0.25, 0.3) is 0 Å². The Labute approximate surface area is 149 Å². The summed E-state index contributed by atoms with van der Waals surface area (Å²) in [5.41, 5.74) is 0. The average Bonchev–Trinajstić information content (AvgIpc) is 2.95. The second-order valence-electron chi connectivity index (χ2n) is 4.92. The van der Waals surface area contributed by atoms with E-state index in [4.69, 9.17) is 37.2 Å². The number of halogens is 3. The van der Waals surface area contributed by atoms with E-state index in [0.29, 0.717) is 34.1 Å². The molecule has 1 aliphatic rings. The van der Waals surface area contributed by atoms with E-state index in [2.05, 4.69) is 15.5 Å². The highest BCUT2D eigenvalue weighted by atomic mass is 35.5. The molecule has 23 heavy (non-hydrogen) atoms. The van der Waals surface area contributed by atoms with Crippen molar-refractivity contribution in [1.29, 1.82) is 0 Å². The molecule has 0 spiro atoms. The zero-order chi connectivity index (χ0) is 15.5. The van der Waals surface area contributed by atoms with Gasteiger partial charge in [0.1, 0.15) is 11.8 Å². The molecule has 1 aromatic carbocycles. The summed E-state index contributed by atoms with van der Waals surface area (Å²) in [6.45, 7) is 3.55. The van der Waals surface area contributed by atoms with Crippen molar-refractivity contribution in [2.45, 2.75) is 25.7 Å². The number of ether oxygens (including phenoxy) is 2. The number of nitrogens with zero attached hydrogens (tertiary/aromatic N) is 2. The maximum atomic E-state index is 6.04. The van der Waals surface area contributed by atoms with Crippen LogP contribution in [0.3, 0.4) is 0 Å². The highest BCUT2D eigenvalue weighted by Crippen LogP contribution is 2.28. The smallest absolute Gasteiger partial charge is 0.246 e. The Morgan fingerprint density at radius 3 is 2.96 bits per heavy atom. The first kappa shape index (κ1) is 18.3. The number of aromatic nitrogens is 2. The summed E-state index contributed by atoms with van der Waals surface area (Å²) in [5.74, 6) is 1.46. The first-order valence-electron chi connectivity index (χ1n) is 6.89. The van der Waals surface area contributed by atoms with Gasteiger partial charge < -0.3 is 19.3 Å². The monoisotopic (exact) mass is 379 g/mol. The van der Waals surface area contributed by atoms with Crippen LogP contribution in [0.4, 0.5) is 0 Å². The van der Waals surface area contributed by atoms with Crippen LogP contribution in [0.5, 0.6) is 5.75 Å². The molecule has 0 bridgehead atoms. The van der Waals surface area contributed by atoms with Gasteiger partial charge in [0.05, 0.1) is 17.7 Å². The van der Waals surface area contributed by atoms with E-state index in [1.807, 2.05) is 6.92 Å². The lowest BCUT2D eigenvalue weighted by Crippen LogP contribution is -2.40. The summed E-state index contributed by atoms with van der Waals surface area (Å²) < 4.78 is 16.4. The molecule has 1 fully saturated rings. The van der Waals surface area contributed by atoms with Gasteiger partial charge in [-0.25, -0.2) is 0 Å². The largest absolute Gasteiger partial charge is 0.484 e. The standard InChI is InChI=1S/C14H15Cl2N3O3.ClH/c1-8-13(17-4-5-20-8)14-18-12(19-22-14)7-21-11-3-2-9(15)6-10(11)16;/h2-3,6,8,13,17H,4-5,7H2,1H3;1H/t8-,13+;/m1./s1. The van der Waals surface area contributed by atoms with Crippen LogP contribution in [0, 0.1) is 0 Å². The van der Waals surface area contributed by atoms with E-state index in [9.17, 15) is 0 Å². The van der Waals surface area contributed by atoms with E-state index in [1.165, 1.54) is 0 Å². The van der Waals surface area contributed by atoms with Crippen molar-refractivity contribution < 1.29 is 14.0 Å². The third kappa shape index (κ3) is 4.49. The van der Waals surface area contributed by atoms with Crippen molar-refractivity contribution in [2.24, 2.45) is 0 Å². The van der Waals surface area contributed by atoms with Crippen molar-refractivity contribution in [3.05, 3.63) is 40.0 Å². The first-order chi connectivity index (χ1) is 10.6. The van der Waals surface area contributed by atoms with E-state index >= 15 is 0 Å². The Bertz CT molecular complexity index is 653. The van der Waals surface area contributed by atoms with Gasteiger partial charge >= 0.3 is 0 Å². The van der Waals surface area contributed by atoms with Crippen LogP contribution in [-0.4, -0.2) is 29.4 Å². The molecule has 3 rings (SSSR count). The summed E-state index contributed by atoms with van der Waals surface area (Å²) in [6, 6.07) is 4.92. The van der Waals surface area contributed by atoms with Crippen LogP contribution in [0.15, 0.2) is 22.7 Å². The van der Waals surface area contributed by atoms with Crippen molar-refractivity contribution in [3.8, 4) is 5.75 Å². The highest BCUT2D eigenvalue weighted by Gasteiger charge is 2.28. The van der Waals surface area contributed by atoms with Gasteiger partial charge in [-0.05, 0) is 25.1 Å². The molecule has 2 heterocycles. The molecule has 0 saturated carbocycles. The first-order valence-corrected chi connectivity index (χ1v) is 7.64. The number of morpholine rings is 1. The van der Waals surface area contributed by atoms with Gasteiger partial charge in [-0.15, -0.1) is 12.4 Å². The van der Waals surface area contributed by atoms with Crippen LogP contribution < -0.4 is 10.1 Å². The molecule has 1 aromatic heterocycles. The SMILES string of the molecule is C[C@H]1OCCN[C@@H]1c1nc(COc2ccc(Cl)cc2Cl)no1.Cl. The van der Waals surface area contributed by atoms with E-state index in [0.717, 1.165) is 6.54 Å². The molecule has 9 heteroatoms. The lowest BCUT2D eigenvalue weighted by Gasteiger charge is -2.27. The predicted octanol–water partition coefficient (Wildman–Crippen LogP) is 3.43. The Kier molecular flexibility index (Phi) is 6.50. The number of benzene rings is 1. The lowest BCUT2D eigenvalue weighted by molar-refractivity contribution is -0.00136. The van der Waals surface area contributed by atoms with Gasteiger partial charge in [-0.2, -0.15) is 4.98 Å². The molecule has 1 saturated heterocycles. The quantitative estimate of drug-likeness (QED) is 0.876. The topological polar surface area (TPSA) is 69.4 Å². The third-order valence-electron chi connectivity index (χ3n) is 3.32. The average molecular weight is 381 g/mol. The fourth-order valence-electron chi connectivity index (χ4n) is 2.20. The minimum absolute atomic E-state index is 0. The van der Waals surface area contributed by atoms with Gasteiger partial charge in [0.15, 0.2) is 6.61 Å². The van der Waals surface area contributed by atoms with E-state index < -0.39 is 0 Å². The molecule has 0 aliphatic carbocycles. The molecule has 2 atom stereocenters. The molecule has 2 aromatic rings. The highest BCUT2D eigenvalue weighted by molar-refractivity contribution is 6.35. The molecule has 0 radical (unpaired) electrons. The molecule has 0 unspecified atom stereocenters. The number of hydrogen-bond donors (Lipinski definition) is 1. The van der Waals surface area contributed by atoms with Crippen molar-refractivity contribution in [2.75, 3.05) is 13.2 Å². The van der Waals surface area contributed by atoms with E-state index in [1.54, 1.807) is 18.2 Å². The minimum atomic E-state index is -0.103. The van der Waals surface area contributed by atoms with Crippen LogP contribution in [0.1, 0.15) is 24.7 Å². The molecule has 126 valence electrons. The lowest BCUT2D eigenvalue weighted by atomic mass is 10.1. The summed E-state index contributed by atoms with van der Waals surface area (Å²) in [4.78, 5) is 4.33. The summed E-state index contributed by atoms with van der Waals surface area (Å²) >= 11 is 11.9. The fraction of sp³-hybridized carbons (Fsp3) is 0.429. The Morgan fingerprint density at radius 1 is 1.39 bits per heavy atom. The van der Waals surface area contributed by atoms with Crippen molar-refractivity contribution in [1.82, 2.24) is 15.5 Å². The summed E-state index contributed by atoms with van der Waals surface area (Å²) in [7, 11) is 0. The minimum Gasteiger partial charge on any atom is -0.484 e. The molecular weight excluding hydrogens is 365 g/mol. The third-order valence-corrected chi connectivity index (χ3v) is 3.85. The molecule has 1 N–H and O–H groups in total. The van der Waals surface area contributed by atoms with Crippen LogP contribution >= 0.6 is 35.6 Å². The van der Waals surface area contributed by atoms with Crippen LogP contribution in [0.25, 0.3) is 0 Å². The van der Waals surface area contributed by atoms with Crippen LogP contribution in [0.2, 0.25) is 10.0 Å². The zero-order valence-corrected chi connectivity index (χ0v) is 14.6. The molecule has 0 amide bonds. The van der Waals surface area contributed by atoms with Gasteiger partial charge in [-0.3, -0.25) is 0 Å². The molecule has 6 nitrogen and oxygen atoms in total. The molecular formula is C14H16Cl3N3O3. The number of rotatable bonds is 4. The number of hydrogen-bond acceptors (Lipinski definition) is 6. The van der Waals surface area contributed by atoms with Crippen LogP contribution in [-0.2, 0) is 11.3 Å². The Morgan fingerprint density at radius 2 is 2.22 bits per heavy atom. The van der Waals surface area contributed by atoms with Gasteiger partial charge in [0.2, 0.25) is 11.7 Å².